The van der Waals surface area contributed by atoms with Crippen LogP contribution < -0.4 is 4.74 Å². The average Bonchev–Trinajstić information content (AvgIpc) is 3.06. The van der Waals surface area contributed by atoms with Crippen molar-refractivity contribution < 1.29 is 14.3 Å². The summed E-state index contributed by atoms with van der Waals surface area (Å²) in [5.74, 6) is 1.98. The van der Waals surface area contributed by atoms with E-state index in [0.29, 0.717) is 25.4 Å². The molecule has 0 unspecified atom stereocenters. The highest BCUT2D eigenvalue weighted by Crippen LogP contribution is 2.25. The highest BCUT2D eigenvalue weighted by Gasteiger charge is 2.23. The molecule has 1 amide bonds. The topological polar surface area (TPSA) is 69.5 Å². The Morgan fingerprint density at radius 1 is 1.42 bits per heavy atom. The molecule has 0 aliphatic carbocycles. The van der Waals surface area contributed by atoms with Crippen molar-refractivity contribution in [2.75, 3.05) is 32.6 Å². The van der Waals surface area contributed by atoms with Crippen LogP contribution in [0, 0.1) is 0 Å². The molecule has 8 heteroatoms. The summed E-state index contributed by atoms with van der Waals surface area (Å²) < 4.78 is 12.8. The summed E-state index contributed by atoms with van der Waals surface area (Å²) in [6.45, 7) is 4.01. The summed E-state index contributed by atoms with van der Waals surface area (Å²) in [5.41, 5.74) is 0.927. The van der Waals surface area contributed by atoms with E-state index >= 15 is 0 Å². The molecule has 1 saturated heterocycles. The number of thioether (sulfide) groups is 1. The fourth-order valence-electron chi connectivity index (χ4n) is 2.86. The molecule has 1 aliphatic rings. The molecule has 1 atom stereocenters. The summed E-state index contributed by atoms with van der Waals surface area (Å²) in [6, 6.07) is 7.69. The summed E-state index contributed by atoms with van der Waals surface area (Å²) in [5, 5.41) is 9.22. The van der Waals surface area contributed by atoms with Crippen LogP contribution >= 0.6 is 11.8 Å². The van der Waals surface area contributed by atoms with Gasteiger partial charge in [0.15, 0.2) is 11.0 Å². The van der Waals surface area contributed by atoms with Crippen LogP contribution in [0.15, 0.2) is 29.4 Å². The van der Waals surface area contributed by atoms with Crippen molar-refractivity contribution in [3.05, 3.63) is 24.3 Å². The summed E-state index contributed by atoms with van der Waals surface area (Å²) in [4.78, 5) is 14.4. The molecule has 0 N–H and O–H groups in total. The highest BCUT2D eigenvalue weighted by atomic mass is 32.2. The van der Waals surface area contributed by atoms with Crippen LogP contribution in [-0.2, 0) is 16.6 Å². The number of ether oxygens (including phenoxy) is 2. The number of hydrogen-bond acceptors (Lipinski definition) is 6. The van der Waals surface area contributed by atoms with E-state index in [4.69, 9.17) is 9.47 Å². The van der Waals surface area contributed by atoms with Gasteiger partial charge in [0.05, 0.1) is 25.6 Å². The van der Waals surface area contributed by atoms with Gasteiger partial charge in [0.2, 0.25) is 5.91 Å². The fourth-order valence-corrected chi connectivity index (χ4v) is 3.68. The molecule has 3 rings (SSSR count). The molecule has 2 aromatic rings. The molecule has 2 heterocycles. The number of nitrogens with zero attached hydrogens (tertiary/aromatic N) is 4. The number of rotatable bonds is 6. The zero-order valence-electron chi connectivity index (χ0n) is 15.3. The van der Waals surface area contributed by atoms with E-state index in [2.05, 4.69) is 17.1 Å². The molecular weight excluding hydrogens is 352 g/mol. The zero-order valence-corrected chi connectivity index (χ0v) is 16.2. The monoisotopic (exact) mass is 376 g/mol. The van der Waals surface area contributed by atoms with Crippen LogP contribution in [0.5, 0.6) is 5.75 Å². The summed E-state index contributed by atoms with van der Waals surface area (Å²) in [6.07, 6.45) is 1.07. The van der Waals surface area contributed by atoms with Crippen molar-refractivity contribution in [3.63, 3.8) is 0 Å². The molecule has 1 aliphatic heterocycles. The molecule has 7 nitrogen and oxygen atoms in total. The predicted octanol–water partition coefficient (Wildman–Crippen LogP) is 2.22. The Kier molecular flexibility index (Phi) is 6.16. The first-order valence-electron chi connectivity index (χ1n) is 8.68. The maximum atomic E-state index is 12.5. The Balaban J connectivity index is 1.64. The van der Waals surface area contributed by atoms with Gasteiger partial charge in [0, 0.05) is 25.7 Å². The van der Waals surface area contributed by atoms with Crippen molar-refractivity contribution in [2.45, 2.75) is 24.6 Å². The zero-order chi connectivity index (χ0) is 18.5. The van der Waals surface area contributed by atoms with Gasteiger partial charge in [-0.3, -0.25) is 4.79 Å². The van der Waals surface area contributed by atoms with Gasteiger partial charge in [-0.05, 0) is 18.6 Å². The van der Waals surface area contributed by atoms with Gasteiger partial charge in [-0.15, -0.1) is 10.2 Å². The molecule has 0 spiro atoms. The number of morpholine rings is 1. The second-order valence-electron chi connectivity index (χ2n) is 6.13. The SMILES string of the molecule is CC[C@H]1CN(C(=O)CSc2nnc(-c3cccc(OC)c3)n2C)CCO1. The number of carbonyl (C=O) groups is 1. The maximum Gasteiger partial charge on any atom is 0.233 e. The molecule has 26 heavy (non-hydrogen) atoms. The summed E-state index contributed by atoms with van der Waals surface area (Å²) >= 11 is 1.41. The lowest BCUT2D eigenvalue weighted by atomic mass is 10.2. The number of aromatic nitrogens is 3. The Hall–Kier alpha value is -2.06. The molecule has 140 valence electrons. The minimum Gasteiger partial charge on any atom is -0.497 e. The third kappa shape index (κ3) is 4.19. The van der Waals surface area contributed by atoms with Crippen LogP contribution in [0.3, 0.4) is 0 Å². The van der Waals surface area contributed by atoms with E-state index in [-0.39, 0.29) is 12.0 Å². The van der Waals surface area contributed by atoms with Crippen LogP contribution in [-0.4, -0.2) is 64.2 Å². The molecule has 0 saturated carbocycles. The van der Waals surface area contributed by atoms with Crippen LogP contribution in [0.2, 0.25) is 0 Å². The summed E-state index contributed by atoms with van der Waals surface area (Å²) in [7, 11) is 3.54. The minimum absolute atomic E-state index is 0.114. The van der Waals surface area contributed by atoms with E-state index < -0.39 is 0 Å². The number of benzene rings is 1. The van der Waals surface area contributed by atoms with Crippen LogP contribution in [0.4, 0.5) is 0 Å². The average molecular weight is 376 g/mol. The Morgan fingerprint density at radius 3 is 3.04 bits per heavy atom. The molecule has 1 aromatic carbocycles. The number of carbonyl (C=O) groups excluding carboxylic acids is 1. The van der Waals surface area contributed by atoms with E-state index in [1.54, 1.807) is 7.11 Å². The second-order valence-corrected chi connectivity index (χ2v) is 7.07. The van der Waals surface area contributed by atoms with Gasteiger partial charge in [-0.25, -0.2) is 0 Å². The van der Waals surface area contributed by atoms with Crippen molar-refractivity contribution in [3.8, 4) is 17.1 Å². The normalized spacial score (nSPS) is 17.3. The highest BCUT2D eigenvalue weighted by molar-refractivity contribution is 7.99. The molecular formula is C18H24N4O3S. The largest absolute Gasteiger partial charge is 0.497 e. The molecule has 1 aromatic heterocycles. The third-order valence-corrected chi connectivity index (χ3v) is 5.44. The number of amides is 1. The molecule has 0 bridgehead atoms. The minimum atomic E-state index is 0.114. The van der Waals surface area contributed by atoms with E-state index in [1.165, 1.54) is 11.8 Å². The lowest BCUT2D eigenvalue weighted by Gasteiger charge is -2.32. The number of methoxy groups -OCH3 is 1. The standard InChI is InChI=1S/C18H24N4O3S/c1-4-14-11-22(8-9-25-14)16(23)12-26-18-20-19-17(21(18)2)13-6-5-7-15(10-13)24-3/h5-7,10,14H,4,8-9,11-12H2,1-3H3/t14-/m0/s1. The first kappa shape index (κ1) is 18.7. The Bertz CT molecular complexity index is 765. The van der Waals surface area contributed by atoms with E-state index in [1.807, 2.05) is 40.8 Å². The maximum absolute atomic E-state index is 12.5. The van der Waals surface area contributed by atoms with Crippen LogP contribution in [0.25, 0.3) is 11.4 Å². The lowest BCUT2D eigenvalue weighted by molar-refractivity contribution is -0.135. The molecule has 1 fully saturated rings. The Morgan fingerprint density at radius 2 is 2.27 bits per heavy atom. The van der Waals surface area contributed by atoms with E-state index in [9.17, 15) is 4.79 Å². The number of hydrogen-bond donors (Lipinski definition) is 0. The van der Waals surface area contributed by atoms with Crippen molar-refractivity contribution >= 4 is 17.7 Å². The van der Waals surface area contributed by atoms with Gasteiger partial charge in [-0.2, -0.15) is 0 Å². The second kappa shape index (κ2) is 8.55. The van der Waals surface area contributed by atoms with Gasteiger partial charge in [-0.1, -0.05) is 30.8 Å². The van der Waals surface area contributed by atoms with E-state index in [0.717, 1.165) is 28.7 Å². The van der Waals surface area contributed by atoms with Gasteiger partial charge >= 0.3 is 0 Å². The smallest absolute Gasteiger partial charge is 0.233 e. The van der Waals surface area contributed by atoms with Crippen molar-refractivity contribution in [1.29, 1.82) is 0 Å². The van der Waals surface area contributed by atoms with Gasteiger partial charge < -0.3 is 18.9 Å². The van der Waals surface area contributed by atoms with Gasteiger partial charge in [0.25, 0.3) is 0 Å². The molecule has 0 radical (unpaired) electrons. The van der Waals surface area contributed by atoms with Gasteiger partial charge in [0.1, 0.15) is 5.75 Å². The Labute approximate surface area is 157 Å². The van der Waals surface area contributed by atoms with Crippen molar-refractivity contribution in [1.82, 2.24) is 19.7 Å². The first-order valence-corrected chi connectivity index (χ1v) is 9.67. The van der Waals surface area contributed by atoms with Crippen LogP contribution in [0.1, 0.15) is 13.3 Å². The lowest BCUT2D eigenvalue weighted by Crippen LogP contribution is -2.46. The first-order chi connectivity index (χ1) is 12.6. The predicted molar refractivity (Wildman–Crippen MR) is 100 cm³/mol. The third-order valence-electron chi connectivity index (χ3n) is 4.43. The fraction of sp³-hybridized carbons (Fsp3) is 0.500. The quantitative estimate of drug-likeness (QED) is 0.720. The van der Waals surface area contributed by atoms with Crippen molar-refractivity contribution in [2.24, 2.45) is 7.05 Å².